The Morgan fingerprint density at radius 1 is 0.881 bits per heavy atom. The number of rotatable bonds is 13. The van der Waals surface area contributed by atoms with Crippen molar-refractivity contribution in [1.82, 2.24) is 14.7 Å². The molecule has 1 aliphatic heterocycles. The Kier molecular flexibility index (Phi) is 11.3. The van der Waals surface area contributed by atoms with E-state index in [0.29, 0.717) is 37.6 Å². The third kappa shape index (κ3) is 8.49. The molecule has 0 spiro atoms. The normalized spacial score (nSPS) is 13.2. The number of benzene rings is 2. The topological polar surface area (TPSA) is 74.4 Å². The first-order valence-electron chi connectivity index (χ1n) is 14.6. The van der Waals surface area contributed by atoms with Gasteiger partial charge >= 0.3 is 6.03 Å². The number of aryl methyl sites for hydroxylation is 3. The molecule has 2 heterocycles. The van der Waals surface area contributed by atoms with E-state index in [1.165, 1.54) is 24.0 Å². The van der Waals surface area contributed by atoms with Crippen LogP contribution in [0.5, 0.6) is 11.5 Å². The maximum Gasteiger partial charge on any atom is 0.322 e. The van der Waals surface area contributed by atoms with E-state index in [2.05, 4.69) is 28.6 Å². The summed E-state index contributed by atoms with van der Waals surface area (Å²) in [6.07, 6.45) is 3.01. The number of carbonyl (C=O) groups is 2. The summed E-state index contributed by atoms with van der Waals surface area (Å²) >= 11 is 1.65. The first-order valence-corrected chi connectivity index (χ1v) is 15.5. The summed E-state index contributed by atoms with van der Waals surface area (Å²) in [7, 11) is 3.24. The molecule has 8 nitrogen and oxygen atoms in total. The molecule has 2 aromatic carbocycles. The molecule has 0 aliphatic carbocycles. The summed E-state index contributed by atoms with van der Waals surface area (Å²) in [5.74, 6) is 1.27. The Bertz CT molecular complexity index is 1350. The third-order valence-corrected chi connectivity index (χ3v) is 9.04. The van der Waals surface area contributed by atoms with Gasteiger partial charge in [0.25, 0.3) is 0 Å². The van der Waals surface area contributed by atoms with Crippen molar-refractivity contribution < 1.29 is 19.1 Å². The number of thiophene rings is 1. The van der Waals surface area contributed by atoms with Gasteiger partial charge in [-0.25, -0.2) is 4.79 Å². The molecular formula is C33H44N4O4S. The zero-order valence-corrected chi connectivity index (χ0v) is 26.4. The van der Waals surface area contributed by atoms with Crippen LogP contribution in [0.4, 0.5) is 10.5 Å². The van der Waals surface area contributed by atoms with Crippen LogP contribution in [0.15, 0.2) is 47.8 Å². The van der Waals surface area contributed by atoms with Crippen molar-refractivity contribution in [1.29, 1.82) is 0 Å². The minimum absolute atomic E-state index is 0.0148. The van der Waals surface area contributed by atoms with Crippen molar-refractivity contribution in [2.75, 3.05) is 58.8 Å². The standard InChI is InChI=1S/C33H44N4O4S/c1-24-8-10-28(20-26(24)3)34-33(39)37(18-17-35-14-6-7-15-35)23-32(38)36(22-31-25(2)13-19-42-31)16-12-27-9-11-29(40-4)30(21-27)41-5/h8-11,13,19-21H,6-7,12,14-18,22-23H2,1-5H3,(H,34,39). The quantitative estimate of drug-likeness (QED) is 0.268. The lowest BCUT2D eigenvalue weighted by molar-refractivity contribution is -0.132. The molecule has 1 fully saturated rings. The molecule has 0 atom stereocenters. The smallest absolute Gasteiger partial charge is 0.322 e. The third-order valence-electron chi connectivity index (χ3n) is 8.03. The summed E-state index contributed by atoms with van der Waals surface area (Å²) < 4.78 is 10.9. The summed E-state index contributed by atoms with van der Waals surface area (Å²) in [6.45, 7) is 10.5. The lowest BCUT2D eigenvalue weighted by Crippen LogP contribution is -2.47. The number of hydrogen-bond acceptors (Lipinski definition) is 6. The molecule has 1 N–H and O–H groups in total. The monoisotopic (exact) mass is 592 g/mol. The van der Waals surface area contributed by atoms with Gasteiger partial charge < -0.3 is 29.5 Å². The van der Waals surface area contributed by atoms with E-state index >= 15 is 0 Å². The molecule has 4 rings (SSSR count). The number of anilines is 1. The average molecular weight is 593 g/mol. The van der Waals surface area contributed by atoms with E-state index in [4.69, 9.17) is 9.47 Å². The number of methoxy groups -OCH3 is 2. The lowest BCUT2D eigenvalue weighted by atomic mass is 10.1. The van der Waals surface area contributed by atoms with Crippen molar-refractivity contribution in [3.8, 4) is 11.5 Å². The SMILES string of the molecule is COc1ccc(CCN(Cc2sccc2C)C(=O)CN(CCN2CCCC2)C(=O)Nc2ccc(C)c(C)c2)cc1OC. The second kappa shape index (κ2) is 15.1. The zero-order chi connectivity index (χ0) is 30.1. The predicted molar refractivity (Wildman–Crippen MR) is 170 cm³/mol. The fourth-order valence-electron chi connectivity index (χ4n) is 5.14. The van der Waals surface area contributed by atoms with Crippen LogP contribution < -0.4 is 14.8 Å². The summed E-state index contributed by atoms with van der Waals surface area (Å²) in [5.41, 5.74) is 5.23. The fraction of sp³-hybridized carbons (Fsp3) is 0.455. The van der Waals surface area contributed by atoms with Crippen LogP contribution in [0.1, 0.15) is 40.0 Å². The number of urea groups is 1. The van der Waals surface area contributed by atoms with Gasteiger partial charge in [-0.2, -0.15) is 0 Å². The molecule has 1 aliphatic rings. The van der Waals surface area contributed by atoms with Crippen LogP contribution in [0.3, 0.4) is 0 Å². The maximum absolute atomic E-state index is 13.9. The van der Waals surface area contributed by atoms with E-state index in [0.717, 1.165) is 41.3 Å². The highest BCUT2D eigenvalue weighted by Crippen LogP contribution is 2.28. The number of likely N-dealkylation sites (tertiary alicyclic amines) is 1. The van der Waals surface area contributed by atoms with E-state index < -0.39 is 0 Å². The van der Waals surface area contributed by atoms with Gasteiger partial charge in [0.2, 0.25) is 5.91 Å². The van der Waals surface area contributed by atoms with Crippen LogP contribution >= 0.6 is 11.3 Å². The Morgan fingerprint density at radius 3 is 2.31 bits per heavy atom. The number of amides is 3. The fourth-order valence-corrected chi connectivity index (χ4v) is 6.06. The molecule has 0 saturated carbocycles. The highest BCUT2D eigenvalue weighted by atomic mass is 32.1. The summed E-state index contributed by atoms with van der Waals surface area (Å²) in [5, 5.41) is 5.10. The first-order chi connectivity index (χ1) is 20.3. The molecule has 3 amide bonds. The lowest BCUT2D eigenvalue weighted by Gasteiger charge is -2.29. The molecule has 3 aromatic rings. The van der Waals surface area contributed by atoms with E-state index in [1.54, 1.807) is 30.5 Å². The van der Waals surface area contributed by atoms with E-state index in [9.17, 15) is 9.59 Å². The second-order valence-corrected chi connectivity index (χ2v) is 12.0. The van der Waals surface area contributed by atoms with Gasteiger partial charge in [-0.1, -0.05) is 12.1 Å². The van der Waals surface area contributed by atoms with Crippen molar-refractivity contribution in [2.24, 2.45) is 0 Å². The largest absolute Gasteiger partial charge is 0.493 e. The molecule has 0 bridgehead atoms. The summed E-state index contributed by atoms with van der Waals surface area (Å²) in [6, 6.07) is 13.6. The van der Waals surface area contributed by atoms with Gasteiger partial charge in [0.1, 0.15) is 6.54 Å². The van der Waals surface area contributed by atoms with Crippen molar-refractivity contribution in [3.63, 3.8) is 0 Å². The Balaban J connectivity index is 1.51. The Hall–Kier alpha value is -3.56. The molecule has 1 saturated heterocycles. The molecule has 1 aromatic heterocycles. The minimum Gasteiger partial charge on any atom is -0.493 e. The van der Waals surface area contributed by atoms with Gasteiger partial charge in [-0.15, -0.1) is 11.3 Å². The van der Waals surface area contributed by atoms with Crippen LogP contribution in [-0.2, 0) is 17.8 Å². The molecule has 9 heteroatoms. The van der Waals surface area contributed by atoms with Gasteiger partial charge in [0.15, 0.2) is 11.5 Å². The van der Waals surface area contributed by atoms with Crippen LogP contribution in [0, 0.1) is 20.8 Å². The Morgan fingerprint density at radius 2 is 1.64 bits per heavy atom. The van der Waals surface area contributed by atoms with E-state index in [-0.39, 0.29) is 18.5 Å². The number of hydrogen-bond donors (Lipinski definition) is 1. The first kappa shape index (κ1) is 31.4. The molecular weight excluding hydrogens is 548 g/mol. The second-order valence-electron chi connectivity index (χ2n) is 11.0. The van der Waals surface area contributed by atoms with Gasteiger partial charge in [-0.3, -0.25) is 4.79 Å². The molecule has 42 heavy (non-hydrogen) atoms. The van der Waals surface area contributed by atoms with Crippen molar-refractivity contribution in [3.05, 3.63) is 75.0 Å². The van der Waals surface area contributed by atoms with Crippen molar-refractivity contribution >= 4 is 29.0 Å². The average Bonchev–Trinajstić information content (AvgIpc) is 3.66. The maximum atomic E-state index is 13.9. The molecule has 226 valence electrons. The number of nitrogens with one attached hydrogen (secondary N) is 1. The van der Waals surface area contributed by atoms with Crippen LogP contribution in [-0.4, -0.2) is 80.1 Å². The van der Waals surface area contributed by atoms with Crippen molar-refractivity contribution in [2.45, 2.75) is 46.6 Å². The number of carbonyl (C=O) groups excluding carboxylic acids is 2. The summed E-state index contributed by atoms with van der Waals surface area (Å²) in [4.78, 5) is 34.6. The number of nitrogens with zero attached hydrogens (tertiary/aromatic N) is 3. The molecule has 0 radical (unpaired) electrons. The Labute approximate surface area is 254 Å². The number of ether oxygens (including phenoxy) is 2. The minimum atomic E-state index is -0.252. The van der Waals surface area contributed by atoms with Gasteiger partial charge in [0.05, 0.1) is 20.8 Å². The van der Waals surface area contributed by atoms with E-state index in [1.807, 2.05) is 55.1 Å². The van der Waals surface area contributed by atoms with Crippen LogP contribution in [0.2, 0.25) is 0 Å². The predicted octanol–water partition coefficient (Wildman–Crippen LogP) is 5.89. The highest BCUT2D eigenvalue weighted by Gasteiger charge is 2.24. The highest BCUT2D eigenvalue weighted by molar-refractivity contribution is 7.10. The van der Waals surface area contributed by atoms with Crippen LogP contribution in [0.25, 0.3) is 0 Å². The van der Waals surface area contributed by atoms with Gasteiger partial charge in [-0.05, 0) is 111 Å². The van der Waals surface area contributed by atoms with Gasteiger partial charge in [0, 0.05) is 30.2 Å². The molecule has 0 unspecified atom stereocenters. The zero-order valence-electron chi connectivity index (χ0n) is 25.6.